The minimum Gasteiger partial charge on any atom is -0.484 e. The summed E-state index contributed by atoms with van der Waals surface area (Å²) in [6.45, 7) is 2.03. The van der Waals surface area contributed by atoms with Gasteiger partial charge < -0.3 is 4.74 Å². The Morgan fingerprint density at radius 3 is 2.56 bits per heavy atom. The molecule has 5 nitrogen and oxygen atoms in total. The minimum absolute atomic E-state index is 0.158. The van der Waals surface area contributed by atoms with E-state index in [0.29, 0.717) is 17.4 Å². The van der Waals surface area contributed by atoms with Gasteiger partial charge in [0.05, 0.1) is 34.4 Å². The highest BCUT2D eigenvalue weighted by atomic mass is 32.2. The molecular weight excluding hydrogens is 473 g/mol. The fraction of sp³-hybridized carbons (Fsp3) is 0.345. The monoisotopic (exact) mass is 505 g/mol. The smallest absolute Gasteiger partial charge is 0.140 e. The van der Waals surface area contributed by atoms with Gasteiger partial charge in [-0.3, -0.25) is 0 Å². The molecule has 0 bridgehead atoms. The number of halogens is 1. The first kappa shape index (κ1) is 24.7. The topological polar surface area (TPSA) is 56.1 Å². The van der Waals surface area contributed by atoms with Gasteiger partial charge in [0.15, 0.2) is 0 Å². The summed E-state index contributed by atoms with van der Waals surface area (Å²) >= 11 is 0. The fourth-order valence-electron chi connectivity index (χ4n) is 5.01. The van der Waals surface area contributed by atoms with Gasteiger partial charge in [-0.25, -0.2) is 18.0 Å². The molecule has 1 N–H and O–H groups in total. The summed E-state index contributed by atoms with van der Waals surface area (Å²) in [5, 5.41) is 5.41. The molecule has 4 aromatic rings. The first-order chi connectivity index (χ1) is 17.6. The van der Waals surface area contributed by atoms with Crippen LogP contribution < -0.4 is 9.46 Å². The number of nitrogens with one attached hydrogen (secondary N) is 1. The molecule has 0 spiro atoms. The van der Waals surface area contributed by atoms with Gasteiger partial charge in [0.2, 0.25) is 0 Å². The molecule has 0 amide bonds. The van der Waals surface area contributed by atoms with Crippen molar-refractivity contribution in [3.63, 3.8) is 0 Å². The molecule has 1 fully saturated rings. The van der Waals surface area contributed by atoms with E-state index in [2.05, 4.69) is 9.82 Å². The van der Waals surface area contributed by atoms with E-state index >= 15 is 0 Å². The van der Waals surface area contributed by atoms with Crippen LogP contribution in [0.4, 0.5) is 4.39 Å². The van der Waals surface area contributed by atoms with Crippen LogP contribution in [-0.2, 0) is 11.0 Å². The van der Waals surface area contributed by atoms with E-state index in [1.54, 1.807) is 23.0 Å². The second-order valence-electron chi connectivity index (χ2n) is 9.63. The van der Waals surface area contributed by atoms with Crippen molar-refractivity contribution in [3.05, 3.63) is 90.4 Å². The Morgan fingerprint density at radius 2 is 1.81 bits per heavy atom. The zero-order valence-corrected chi connectivity index (χ0v) is 21.3. The molecule has 3 atom stereocenters. The second-order valence-corrected chi connectivity index (χ2v) is 10.9. The van der Waals surface area contributed by atoms with Crippen LogP contribution in [0.2, 0.25) is 0 Å². The first-order valence-corrected chi connectivity index (χ1v) is 14.0. The molecular formula is C29H32FN3O2S. The van der Waals surface area contributed by atoms with Crippen molar-refractivity contribution in [1.29, 1.82) is 0 Å². The van der Waals surface area contributed by atoms with Crippen LogP contribution in [0.1, 0.15) is 50.7 Å². The van der Waals surface area contributed by atoms with Gasteiger partial charge in [0, 0.05) is 11.1 Å². The Labute approximate surface area is 214 Å². The van der Waals surface area contributed by atoms with Gasteiger partial charge in [-0.15, -0.1) is 0 Å². The van der Waals surface area contributed by atoms with Gasteiger partial charge in [0.25, 0.3) is 0 Å². The summed E-state index contributed by atoms with van der Waals surface area (Å²) in [5.74, 6) is 1.66. The summed E-state index contributed by atoms with van der Waals surface area (Å²) in [4.78, 5) is 0. The van der Waals surface area contributed by atoms with E-state index in [1.165, 1.54) is 44.2 Å². The van der Waals surface area contributed by atoms with Crippen LogP contribution >= 0.6 is 0 Å². The van der Waals surface area contributed by atoms with Crippen LogP contribution in [0.15, 0.2) is 79.0 Å². The van der Waals surface area contributed by atoms with Crippen molar-refractivity contribution in [2.75, 3.05) is 5.75 Å². The van der Waals surface area contributed by atoms with Crippen molar-refractivity contribution in [3.8, 4) is 11.4 Å². The maximum absolute atomic E-state index is 13.3. The van der Waals surface area contributed by atoms with Crippen molar-refractivity contribution in [2.45, 2.75) is 51.2 Å². The largest absolute Gasteiger partial charge is 0.484 e. The van der Waals surface area contributed by atoms with Crippen LogP contribution in [0.25, 0.3) is 16.6 Å². The van der Waals surface area contributed by atoms with E-state index in [9.17, 15) is 8.60 Å². The van der Waals surface area contributed by atoms with Crippen molar-refractivity contribution >= 4 is 21.9 Å². The number of fused-ring (bicyclic) bond motifs is 1. The molecule has 7 heteroatoms. The molecule has 1 saturated carbocycles. The van der Waals surface area contributed by atoms with Gasteiger partial charge in [-0.2, -0.15) is 5.10 Å². The number of benzene rings is 3. The maximum atomic E-state index is 13.3. The molecule has 0 saturated heterocycles. The lowest BCUT2D eigenvalue weighted by atomic mass is 9.91. The number of hydrogen-bond donors (Lipinski definition) is 1. The molecule has 1 heterocycles. The van der Waals surface area contributed by atoms with E-state index in [0.717, 1.165) is 22.2 Å². The molecule has 5 rings (SSSR count). The average molecular weight is 506 g/mol. The zero-order valence-electron chi connectivity index (χ0n) is 20.5. The van der Waals surface area contributed by atoms with Crippen LogP contribution in [0.3, 0.4) is 0 Å². The summed E-state index contributed by atoms with van der Waals surface area (Å²) < 4.78 is 37.9. The van der Waals surface area contributed by atoms with Crippen molar-refractivity contribution in [1.82, 2.24) is 14.5 Å². The lowest BCUT2D eigenvalue weighted by Crippen LogP contribution is -2.38. The minimum atomic E-state index is -1.11. The third kappa shape index (κ3) is 5.85. The van der Waals surface area contributed by atoms with Crippen LogP contribution in [0.5, 0.6) is 5.75 Å². The van der Waals surface area contributed by atoms with Crippen LogP contribution in [0, 0.1) is 11.7 Å². The normalized spacial score (nSPS) is 17.1. The number of hydrogen-bond acceptors (Lipinski definition) is 3. The Hall–Kier alpha value is -3.03. The Bertz CT molecular complexity index is 1300. The third-order valence-corrected chi connectivity index (χ3v) is 8.29. The molecule has 1 aliphatic rings. The molecule has 36 heavy (non-hydrogen) atoms. The summed E-state index contributed by atoms with van der Waals surface area (Å²) in [6, 6.07) is 22.0. The Kier molecular flexibility index (Phi) is 7.78. The highest BCUT2D eigenvalue weighted by molar-refractivity contribution is 7.83. The summed E-state index contributed by atoms with van der Waals surface area (Å²) in [6.07, 6.45) is 7.60. The molecule has 0 radical (unpaired) electrons. The third-order valence-electron chi connectivity index (χ3n) is 6.89. The maximum Gasteiger partial charge on any atom is 0.140 e. The summed E-state index contributed by atoms with van der Waals surface area (Å²) in [5.41, 5.74) is 2.72. The van der Waals surface area contributed by atoms with Gasteiger partial charge in [-0.05, 0) is 73.7 Å². The van der Waals surface area contributed by atoms with E-state index < -0.39 is 11.0 Å². The molecule has 3 aromatic carbocycles. The molecule has 1 aliphatic carbocycles. The Morgan fingerprint density at radius 1 is 1.06 bits per heavy atom. The molecule has 188 valence electrons. The highest BCUT2D eigenvalue weighted by Gasteiger charge is 2.25. The lowest BCUT2D eigenvalue weighted by Gasteiger charge is -2.27. The summed E-state index contributed by atoms with van der Waals surface area (Å²) in [7, 11) is -1.11. The number of rotatable bonds is 9. The van der Waals surface area contributed by atoms with Gasteiger partial charge >= 0.3 is 0 Å². The van der Waals surface area contributed by atoms with Gasteiger partial charge in [-0.1, -0.05) is 49.6 Å². The fourth-order valence-corrected chi connectivity index (χ4v) is 6.40. The number of aromatic nitrogens is 2. The average Bonchev–Trinajstić information content (AvgIpc) is 3.32. The SMILES string of the molecule is C[C@H](NS(=O)CC1CCCCC1)[C@H](Oc1ccc2c(cnn2-c2ccc(F)cc2)c1)c1ccccc1. The molecule has 0 aliphatic heterocycles. The number of nitrogens with zero attached hydrogens (tertiary/aromatic N) is 2. The Balaban J connectivity index is 1.34. The van der Waals surface area contributed by atoms with Crippen molar-refractivity contribution < 1.29 is 13.3 Å². The number of ether oxygens (including phenoxy) is 1. The van der Waals surface area contributed by atoms with Crippen molar-refractivity contribution in [2.24, 2.45) is 5.92 Å². The van der Waals surface area contributed by atoms with Crippen LogP contribution in [-0.4, -0.2) is 25.8 Å². The van der Waals surface area contributed by atoms with E-state index in [-0.39, 0.29) is 18.0 Å². The van der Waals surface area contributed by atoms with Gasteiger partial charge in [0.1, 0.15) is 17.7 Å². The van der Waals surface area contributed by atoms with E-state index in [1.807, 2.05) is 55.5 Å². The second kappa shape index (κ2) is 11.4. The van der Waals surface area contributed by atoms with E-state index in [4.69, 9.17) is 4.74 Å². The quantitative estimate of drug-likeness (QED) is 0.282. The lowest BCUT2D eigenvalue weighted by molar-refractivity contribution is 0.174. The first-order valence-electron chi connectivity index (χ1n) is 12.7. The standard InChI is InChI=1S/C29H32FN3O2S/c1-21(32-36(34)20-22-8-4-2-5-9-22)29(23-10-6-3-7-11-23)35-27-16-17-28-24(18-27)19-31-33(28)26-14-12-25(30)13-15-26/h3,6-7,10-19,21-22,29,32H,2,4-5,8-9,20H2,1H3/t21-,29-,36?/m0/s1. The predicted molar refractivity (Wildman–Crippen MR) is 143 cm³/mol. The zero-order chi connectivity index (χ0) is 24.9. The molecule has 1 aromatic heterocycles. The highest BCUT2D eigenvalue weighted by Crippen LogP contribution is 2.30. The molecule has 1 unspecified atom stereocenters. The predicted octanol–water partition coefficient (Wildman–Crippen LogP) is 6.51.